The van der Waals surface area contributed by atoms with Crippen molar-refractivity contribution < 1.29 is 19.5 Å². The molecule has 2 amide bonds. The Hall–Kier alpha value is -2.90. The first-order valence-corrected chi connectivity index (χ1v) is 7.80. The third-order valence-corrected chi connectivity index (χ3v) is 3.55. The van der Waals surface area contributed by atoms with E-state index in [9.17, 15) is 9.59 Å². The van der Waals surface area contributed by atoms with Gasteiger partial charge in [-0.3, -0.25) is 14.8 Å². The van der Waals surface area contributed by atoms with Crippen LogP contribution in [0.2, 0.25) is 0 Å². The van der Waals surface area contributed by atoms with E-state index in [1.54, 1.807) is 61.1 Å². The molecule has 2 rings (SSSR count). The Morgan fingerprint density at radius 1 is 1.04 bits per heavy atom. The monoisotopic (exact) mass is 343 g/mol. The molecule has 0 bridgehead atoms. The van der Waals surface area contributed by atoms with Gasteiger partial charge in [-0.1, -0.05) is 12.1 Å². The van der Waals surface area contributed by atoms with Crippen molar-refractivity contribution in [1.82, 2.24) is 10.8 Å². The summed E-state index contributed by atoms with van der Waals surface area (Å²) in [6, 6.07) is 14.0. The maximum Gasteiger partial charge on any atom is 0.274 e. The minimum absolute atomic E-state index is 0.0763. The molecule has 0 aliphatic rings. The molecule has 7 heteroatoms. The zero-order chi connectivity index (χ0) is 18.1. The SMILES string of the molecule is COc1ccc(NC(=O)CCNCc2ccc(C(=O)NO)cc2)cc1. The fourth-order valence-electron chi connectivity index (χ4n) is 2.17. The summed E-state index contributed by atoms with van der Waals surface area (Å²) in [7, 11) is 1.59. The standard InChI is InChI=1S/C18H21N3O4/c1-25-16-8-6-15(7-9-16)20-17(22)10-11-19-12-13-2-4-14(5-3-13)18(23)21-24/h2-9,19,24H,10-12H2,1H3,(H,20,22)(H,21,23). The molecular weight excluding hydrogens is 322 g/mol. The van der Waals surface area contributed by atoms with E-state index in [4.69, 9.17) is 9.94 Å². The third kappa shape index (κ3) is 5.91. The van der Waals surface area contributed by atoms with Gasteiger partial charge in [0, 0.05) is 30.8 Å². The highest BCUT2D eigenvalue weighted by Gasteiger charge is 2.04. The minimum atomic E-state index is -0.547. The number of hydrogen-bond acceptors (Lipinski definition) is 5. The fraction of sp³-hybridized carbons (Fsp3) is 0.222. The quantitative estimate of drug-likeness (QED) is 0.333. The molecule has 4 N–H and O–H groups in total. The largest absolute Gasteiger partial charge is 0.497 e. The van der Waals surface area contributed by atoms with E-state index in [1.165, 1.54) is 0 Å². The maximum atomic E-state index is 11.9. The van der Waals surface area contributed by atoms with Crippen LogP contribution in [0.25, 0.3) is 0 Å². The topological polar surface area (TPSA) is 99.7 Å². The highest BCUT2D eigenvalue weighted by Crippen LogP contribution is 2.15. The Balaban J connectivity index is 1.69. The summed E-state index contributed by atoms with van der Waals surface area (Å²) >= 11 is 0. The van der Waals surface area contributed by atoms with Gasteiger partial charge in [0.2, 0.25) is 5.91 Å². The van der Waals surface area contributed by atoms with Crippen LogP contribution in [0.15, 0.2) is 48.5 Å². The van der Waals surface area contributed by atoms with E-state index >= 15 is 0 Å². The zero-order valence-corrected chi connectivity index (χ0v) is 13.9. The van der Waals surface area contributed by atoms with Crippen LogP contribution in [0.4, 0.5) is 5.69 Å². The molecule has 0 spiro atoms. The number of amides is 2. The summed E-state index contributed by atoms with van der Waals surface area (Å²) in [5.41, 5.74) is 3.67. The first-order chi connectivity index (χ1) is 12.1. The number of nitrogens with one attached hydrogen (secondary N) is 3. The van der Waals surface area contributed by atoms with Crippen LogP contribution in [0.5, 0.6) is 5.75 Å². The Kier molecular flexibility index (Phi) is 6.94. The van der Waals surface area contributed by atoms with E-state index < -0.39 is 5.91 Å². The smallest absolute Gasteiger partial charge is 0.274 e. The summed E-state index contributed by atoms with van der Waals surface area (Å²) in [5, 5.41) is 14.5. The summed E-state index contributed by atoms with van der Waals surface area (Å²) < 4.78 is 5.07. The average Bonchev–Trinajstić information content (AvgIpc) is 2.65. The van der Waals surface area contributed by atoms with Crippen molar-refractivity contribution in [3.63, 3.8) is 0 Å². The molecule has 0 aliphatic carbocycles. The van der Waals surface area contributed by atoms with Crippen LogP contribution in [0, 0.1) is 0 Å². The number of carbonyl (C=O) groups is 2. The van der Waals surface area contributed by atoms with Crippen LogP contribution in [-0.2, 0) is 11.3 Å². The van der Waals surface area contributed by atoms with E-state index in [1.807, 2.05) is 0 Å². The molecule has 7 nitrogen and oxygen atoms in total. The average molecular weight is 343 g/mol. The second kappa shape index (κ2) is 9.41. The molecule has 132 valence electrons. The predicted molar refractivity (Wildman–Crippen MR) is 93.6 cm³/mol. The minimum Gasteiger partial charge on any atom is -0.497 e. The highest BCUT2D eigenvalue weighted by atomic mass is 16.5. The number of ether oxygens (including phenoxy) is 1. The van der Waals surface area contributed by atoms with E-state index in [0.29, 0.717) is 25.1 Å². The second-order valence-electron chi connectivity index (χ2n) is 5.34. The van der Waals surface area contributed by atoms with E-state index in [0.717, 1.165) is 17.0 Å². The molecule has 0 fully saturated rings. The number of methoxy groups -OCH3 is 1. The van der Waals surface area contributed by atoms with Crippen LogP contribution >= 0.6 is 0 Å². The Morgan fingerprint density at radius 3 is 2.32 bits per heavy atom. The molecule has 25 heavy (non-hydrogen) atoms. The van der Waals surface area contributed by atoms with Crippen LogP contribution < -0.4 is 20.9 Å². The molecule has 0 heterocycles. The molecule has 2 aromatic rings. The third-order valence-electron chi connectivity index (χ3n) is 3.55. The lowest BCUT2D eigenvalue weighted by atomic mass is 10.1. The van der Waals surface area contributed by atoms with Gasteiger partial charge in [-0.2, -0.15) is 0 Å². The second-order valence-corrected chi connectivity index (χ2v) is 5.34. The molecule has 2 aromatic carbocycles. The van der Waals surface area contributed by atoms with Crippen molar-refractivity contribution >= 4 is 17.5 Å². The molecule has 0 unspecified atom stereocenters. The highest BCUT2D eigenvalue weighted by molar-refractivity contribution is 5.93. The van der Waals surface area contributed by atoms with Gasteiger partial charge in [-0.15, -0.1) is 0 Å². The molecule has 0 saturated carbocycles. The van der Waals surface area contributed by atoms with Crippen molar-refractivity contribution in [2.75, 3.05) is 19.0 Å². The van der Waals surface area contributed by atoms with Gasteiger partial charge in [0.25, 0.3) is 5.91 Å². The molecular formula is C18H21N3O4. The number of hydroxylamine groups is 1. The molecule has 0 atom stereocenters. The lowest BCUT2D eigenvalue weighted by Crippen LogP contribution is -2.21. The van der Waals surface area contributed by atoms with Gasteiger partial charge < -0.3 is 15.4 Å². The van der Waals surface area contributed by atoms with Crippen molar-refractivity contribution in [3.8, 4) is 5.75 Å². The number of carbonyl (C=O) groups excluding carboxylic acids is 2. The number of anilines is 1. The summed E-state index contributed by atoms with van der Waals surface area (Å²) in [5.74, 6) is 0.115. The van der Waals surface area contributed by atoms with Crippen molar-refractivity contribution in [3.05, 3.63) is 59.7 Å². The Labute approximate surface area is 146 Å². The molecule has 0 saturated heterocycles. The van der Waals surface area contributed by atoms with Crippen LogP contribution in [0.1, 0.15) is 22.3 Å². The molecule has 0 radical (unpaired) electrons. The first-order valence-electron chi connectivity index (χ1n) is 7.80. The molecule has 0 aromatic heterocycles. The summed E-state index contributed by atoms with van der Waals surface area (Å²) in [4.78, 5) is 23.1. The van der Waals surface area contributed by atoms with Gasteiger partial charge in [0.15, 0.2) is 0 Å². The van der Waals surface area contributed by atoms with E-state index in [-0.39, 0.29) is 5.91 Å². The Bertz CT molecular complexity index is 699. The lowest BCUT2D eigenvalue weighted by molar-refractivity contribution is -0.116. The number of rotatable bonds is 8. The Morgan fingerprint density at radius 2 is 1.72 bits per heavy atom. The summed E-state index contributed by atoms with van der Waals surface area (Å²) in [6.45, 7) is 1.11. The van der Waals surface area contributed by atoms with Gasteiger partial charge in [0.05, 0.1) is 7.11 Å². The van der Waals surface area contributed by atoms with Crippen molar-refractivity contribution in [2.24, 2.45) is 0 Å². The fourth-order valence-corrected chi connectivity index (χ4v) is 2.17. The zero-order valence-electron chi connectivity index (χ0n) is 13.9. The predicted octanol–water partition coefficient (Wildman–Crippen LogP) is 1.93. The van der Waals surface area contributed by atoms with Crippen LogP contribution in [-0.4, -0.2) is 30.7 Å². The van der Waals surface area contributed by atoms with Crippen LogP contribution in [0.3, 0.4) is 0 Å². The van der Waals surface area contributed by atoms with E-state index in [2.05, 4.69) is 10.6 Å². The van der Waals surface area contributed by atoms with Crippen molar-refractivity contribution in [1.29, 1.82) is 0 Å². The number of benzene rings is 2. The van der Waals surface area contributed by atoms with Gasteiger partial charge >= 0.3 is 0 Å². The van der Waals surface area contributed by atoms with Gasteiger partial charge in [0.1, 0.15) is 5.75 Å². The van der Waals surface area contributed by atoms with Crippen molar-refractivity contribution in [2.45, 2.75) is 13.0 Å². The normalized spacial score (nSPS) is 10.2. The number of hydrogen-bond donors (Lipinski definition) is 4. The lowest BCUT2D eigenvalue weighted by Gasteiger charge is -2.08. The van der Waals surface area contributed by atoms with Gasteiger partial charge in [-0.05, 0) is 42.0 Å². The maximum absolute atomic E-state index is 11.9. The summed E-state index contributed by atoms with van der Waals surface area (Å²) in [6.07, 6.45) is 0.344. The van der Waals surface area contributed by atoms with Gasteiger partial charge in [-0.25, -0.2) is 5.48 Å². The molecule has 0 aliphatic heterocycles. The first kappa shape index (κ1) is 18.4.